The first-order chi connectivity index (χ1) is 18.1. The molecule has 2 aromatic rings. The highest BCUT2D eigenvalue weighted by atomic mass is 35.5. The molecule has 0 amide bonds. The number of nitrogens with one attached hydrogen (secondary N) is 3. The average Bonchev–Trinajstić information content (AvgIpc) is 2.86. The molecule has 2 fully saturated rings. The molecule has 13 heteroatoms. The van der Waals surface area contributed by atoms with Gasteiger partial charge in [0, 0.05) is 36.2 Å². The predicted molar refractivity (Wildman–Crippen MR) is 151 cm³/mol. The Morgan fingerprint density at radius 2 is 2.05 bits per heavy atom. The van der Waals surface area contributed by atoms with Crippen LogP contribution in [0.25, 0.3) is 0 Å². The number of hydrogen-bond donors (Lipinski definition) is 3. The normalized spacial score (nSPS) is 19.4. The van der Waals surface area contributed by atoms with Crippen LogP contribution >= 0.6 is 23.2 Å². The smallest absolute Gasteiger partial charge is 0.212 e. The van der Waals surface area contributed by atoms with Gasteiger partial charge in [-0.3, -0.25) is 5.41 Å². The quantitative estimate of drug-likeness (QED) is 0.364. The van der Waals surface area contributed by atoms with E-state index >= 15 is 0 Å². The van der Waals surface area contributed by atoms with Crippen LogP contribution < -0.4 is 14.9 Å². The van der Waals surface area contributed by atoms with Crippen molar-refractivity contribution in [3.8, 4) is 6.07 Å². The van der Waals surface area contributed by atoms with Crippen LogP contribution in [0.1, 0.15) is 37.1 Å². The fraction of sp³-hybridized carbons (Fsp3) is 0.520. The van der Waals surface area contributed by atoms with Gasteiger partial charge in [0.1, 0.15) is 17.6 Å². The SMILES string of the molecule is CNS(=O)(=O)CCN1CCCC(C2CN(c3cnc(C(=N)C#N)c(N[C@H](C)c4ccc(Cl)cc4Cl)n3)C2)C1. The summed E-state index contributed by atoms with van der Waals surface area (Å²) >= 11 is 12.4. The van der Waals surface area contributed by atoms with Crippen LogP contribution in [-0.4, -0.2) is 74.5 Å². The maximum absolute atomic E-state index is 11.8. The summed E-state index contributed by atoms with van der Waals surface area (Å²) in [5.74, 6) is 2.13. The number of hydrogen-bond acceptors (Lipinski definition) is 9. The molecule has 0 saturated carbocycles. The molecule has 3 N–H and O–H groups in total. The second-order valence-corrected chi connectivity index (χ2v) is 12.7. The molecule has 4 rings (SSSR count). The number of nitriles is 1. The summed E-state index contributed by atoms with van der Waals surface area (Å²) in [5.41, 5.74) is 0.723. The Bertz CT molecular complexity index is 1330. The number of aromatic nitrogens is 2. The fourth-order valence-corrected chi connectivity index (χ4v) is 6.31. The van der Waals surface area contributed by atoms with E-state index in [0.717, 1.165) is 44.6 Å². The highest BCUT2D eigenvalue weighted by Crippen LogP contribution is 2.34. The van der Waals surface area contributed by atoms with Crippen molar-refractivity contribution in [3.05, 3.63) is 45.7 Å². The molecule has 1 aromatic heterocycles. The predicted octanol–water partition coefficient (Wildman–Crippen LogP) is 3.55. The minimum atomic E-state index is -3.21. The lowest BCUT2D eigenvalue weighted by Crippen LogP contribution is -2.54. The zero-order chi connectivity index (χ0) is 27.4. The molecule has 204 valence electrons. The summed E-state index contributed by atoms with van der Waals surface area (Å²) in [4.78, 5) is 13.5. The van der Waals surface area contributed by atoms with E-state index in [2.05, 4.69) is 24.8 Å². The highest BCUT2D eigenvalue weighted by Gasteiger charge is 2.37. The maximum atomic E-state index is 11.8. The van der Waals surface area contributed by atoms with Crippen molar-refractivity contribution >= 4 is 50.6 Å². The molecule has 2 aliphatic rings. The van der Waals surface area contributed by atoms with Gasteiger partial charge in [0.2, 0.25) is 10.0 Å². The standard InChI is InChI=1S/C25H32Cl2N8O2S/c1-16(20-6-5-19(26)10-21(20)27)32-25-24(22(29)11-28)31-12-23(33-25)35-14-18(15-35)17-4-3-7-34(13-17)8-9-38(36,37)30-2/h5-6,10,12,16-18,29-30H,3-4,7-9,13-15H2,1-2H3,(H,32,33)/t16-,17?/m1/s1. The summed E-state index contributed by atoms with van der Waals surface area (Å²) in [6.07, 6.45) is 3.80. The van der Waals surface area contributed by atoms with Crippen molar-refractivity contribution in [1.29, 1.82) is 10.7 Å². The second-order valence-electron chi connectivity index (χ2n) is 9.84. The van der Waals surface area contributed by atoms with Crippen molar-refractivity contribution < 1.29 is 8.42 Å². The number of anilines is 2. The zero-order valence-electron chi connectivity index (χ0n) is 21.4. The van der Waals surface area contributed by atoms with Gasteiger partial charge in [0.05, 0.1) is 18.0 Å². The van der Waals surface area contributed by atoms with E-state index in [0.29, 0.717) is 40.1 Å². The number of piperidine rings is 1. The van der Waals surface area contributed by atoms with Gasteiger partial charge in [0.15, 0.2) is 11.5 Å². The molecule has 10 nitrogen and oxygen atoms in total. The van der Waals surface area contributed by atoms with Crippen LogP contribution in [0.4, 0.5) is 11.6 Å². The van der Waals surface area contributed by atoms with E-state index in [9.17, 15) is 13.7 Å². The molecular weight excluding hydrogens is 547 g/mol. The molecule has 2 aliphatic heterocycles. The summed E-state index contributed by atoms with van der Waals surface area (Å²) < 4.78 is 26.0. The minimum absolute atomic E-state index is 0.113. The van der Waals surface area contributed by atoms with E-state index in [1.165, 1.54) is 7.05 Å². The lowest BCUT2D eigenvalue weighted by molar-refractivity contribution is 0.125. The van der Waals surface area contributed by atoms with E-state index in [1.807, 2.05) is 19.1 Å². The summed E-state index contributed by atoms with van der Waals surface area (Å²) in [7, 11) is -1.76. The maximum Gasteiger partial charge on any atom is 0.212 e. The molecule has 0 spiro atoms. The topological polar surface area (TPSA) is 138 Å². The monoisotopic (exact) mass is 578 g/mol. The minimum Gasteiger partial charge on any atom is -0.362 e. The van der Waals surface area contributed by atoms with Gasteiger partial charge >= 0.3 is 0 Å². The molecule has 38 heavy (non-hydrogen) atoms. The van der Waals surface area contributed by atoms with Crippen LogP contribution in [0.2, 0.25) is 10.0 Å². The van der Waals surface area contributed by atoms with Crippen molar-refractivity contribution in [2.45, 2.75) is 25.8 Å². The molecule has 1 aromatic carbocycles. The van der Waals surface area contributed by atoms with Crippen LogP contribution in [0.15, 0.2) is 24.4 Å². The summed E-state index contributed by atoms with van der Waals surface area (Å²) in [5, 5.41) is 21.7. The average molecular weight is 580 g/mol. The first kappa shape index (κ1) is 28.5. The van der Waals surface area contributed by atoms with E-state index in [-0.39, 0.29) is 23.2 Å². The molecule has 1 unspecified atom stereocenters. The number of halogens is 2. The van der Waals surface area contributed by atoms with Gasteiger partial charge in [-0.25, -0.2) is 23.1 Å². The summed E-state index contributed by atoms with van der Waals surface area (Å²) in [6.45, 7) is 5.94. The highest BCUT2D eigenvalue weighted by molar-refractivity contribution is 7.89. The Kier molecular flexibility index (Phi) is 9.11. The molecule has 2 atom stereocenters. The molecule has 3 heterocycles. The third kappa shape index (κ3) is 6.74. The van der Waals surface area contributed by atoms with Gasteiger partial charge in [-0.2, -0.15) is 5.26 Å². The van der Waals surface area contributed by atoms with Crippen LogP contribution in [0.3, 0.4) is 0 Å². The lowest BCUT2D eigenvalue weighted by Gasteiger charge is -2.47. The van der Waals surface area contributed by atoms with E-state index < -0.39 is 10.0 Å². The Hall–Kier alpha value is -2.49. The second kappa shape index (κ2) is 12.1. The molecule has 0 bridgehead atoms. The third-order valence-electron chi connectivity index (χ3n) is 7.32. The van der Waals surface area contributed by atoms with Crippen molar-refractivity contribution in [1.82, 2.24) is 19.6 Å². The number of rotatable bonds is 10. The van der Waals surface area contributed by atoms with Gasteiger partial charge < -0.3 is 15.1 Å². The first-order valence-electron chi connectivity index (χ1n) is 12.6. The fourth-order valence-electron chi connectivity index (χ4n) is 5.03. The lowest BCUT2D eigenvalue weighted by atomic mass is 9.80. The van der Waals surface area contributed by atoms with Crippen molar-refractivity contribution in [2.75, 3.05) is 55.7 Å². The molecular formula is C25H32Cl2N8O2S. The largest absolute Gasteiger partial charge is 0.362 e. The molecule has 0 aliphatic carbocycles. The number of benzene rings is 1. The van der Waals surface area contributed by atoms with Crippen LogP contribution in [-0.2, 0) is 10.0 Å². The Morgan fingerprint density at radius 1 is 1.29 bits per heavy atom. The van der Waals surface area contributed by atoms with Gasteiger partial charge in [-0.05, 0) is 62.9 Å². The van der Waals surface area contributed by atoms with Crippen LogP contribution in [0.5, 0.6) is 0 Å². The van der Waals surface area contributed by atoms with Crippen molar-refractivity contribution in [3.63, 3.8) is 0 Å². The van der Waals surface area contributed by atoms with Crippen LogP contribution in [0, 0.1) is 28.6 Å². The summed E-state index contributed by atoms with van der Waals surface area (Å²) in [6, 6.07) is 6.84. The van der Waals surface area contributed by atoms with Gasteiger partial charge in [-0.1, -0.05) is 29.3 Å². The van der Waals surface area contributed by atoms with Crippen molar-refractivity contribution in [2.24, 2.45) is 11.8 Å². The number of sulfonamides is 1. The molecule has 0 radical (unpaired) electrons. The Balaban J connectivity index is 1.42. The Labute approximate surface area is 233 Å². The number of nitrogens with zero attached hydrogens (tertiary/aromatic N) is 5. The first-order valence-corrected chi connectivity index (χ1v) is 15.0. The van der Waals surface area contributed by atoms with E-state index in [4.69, 9.17) is 33.6 Å². The number of likely N-dealkylation sites (tertiary alicyclic amines) is 1. The zero-order valence-corrected chi connectivity index (χ0v) is 23.7. The molecule has 2 saturated heterocycles. The van der Waals surface area contributed by atoms with Gasteiger partial charge in [0.25, 0.3) is 0 Å². The third-order valence-corrected chi connectivity index (χ3v) is 9.22. The van der Waals surface area contributed by atoms with E-state index in [1.54, 1.807) is 18.3 Å². The Morgan fingerprint density at radius 3 is 2.74 bits per heavy atom. The van der Waals surface area contributed by atoms with Gasteiger partial charge in [-0.15, -0.1) is 0 Å².